The Labute approximate surface area is 116 Å². The summed E-state index contributed by atoms with van der Waals surface area (Å²) in [5.74, 6) is -1.00. The maximum atomic E-state index is 13.0. The number of carbonyl (C=O) groups excluding carboxylic acids is 1. The van der Waals surface area contributed by atoms with Gasteiger partial charge in [0.1, 0.15) is 6.07 Å². The molecule has 0 spiro atoms. The SMILES string of the molecule is CCOC(=O)Cc1c(C#N)cnc(C(F)(F)F)c1C(F)F. The van der Waals surface area contributed by atoms with Crippen LogP contribution in [0.4, 0.5) is 22.0 Å². The van der Waals surface area contributed by atoms with Crippen LogP contribution in [0.3, 0.4) is 0 Å². The third kappa shape index (κ3) is 3.87. The second-order valence-corrected chi connectivity index (χ2v) is 3.80. The van der Waals surface area contributed by atoms with Crippen LogP contribution >= 0.6 is 0 Å². The Morgan fingerprint density at radius 1 is 1.48 bits per heavy atom. The van der Waals surface area contributed by atoms with Crippen molar-refractivity contribution in [2.24, 2.45) is 0 Å². The first-order valence-corrected chi connectivity index (χ1v) is 5.65. The number of rotatable bonds is 4. The quantitative estimate of drug-likeness (QED) is 0.633. The Morgan fingerprint density at radius 3 is 2.52 bits per heavy atom. The summed E-state index contributed by atoms with van der Waals surface area (Å²) in [4.78, 5) is 14.2. The number of halogens is 5. The standard InChI is InChI=1S/C12H9F5N2O2/c1-2-21-8(20)3-7-6(4-18)5-19-10(12(15,16)17)9(7)11(13)14/h5,11H,2-3H2,1H3. The molecule has 0 atom stereocenters. The van der Waals surface area contributed by atoms with E-state index in [1.807, 2.05) is 0 Å². The summed E-state index contributed by atoms with van der Waals surface area (Å²) in [6.45, 7) is 1.38. The smallest absolute Gasteiger partial charge is 0.433 e. The number of carbonyl (C=O) groups is 1. The summed E-state index contributed by atoms with van der Waals surface area (Å²) >= 11 is 0. The van der Waals surface area contributed by atoms with Crippen LogP contribution in [0, 0.1) is 11.3 Å². The van der Waals surface area contributed by atoms with Gasteiger partial charge in [0.05, 0.1) is 24.2 Å². The normalized spacial score (nSPS) is 11.3. The molecule has 0 saturated carbocycles. The van der Waals surface area contributed by atoms with Gasteiger partial charge in [-0.25, -0.2) is 13.8 Å². The molecule has 0 saturated heterocycles. The van der Waals surface area contributed by atoms with Crippen molar-refractivity contribution in [3.63, 3.8) is 0 Å². The molecule has 0 aliphatic carbocycles. The summed E-state index contributed by atoms with van der Waals surface area (Å²) in [7, 11) is 0. The largest absolute Gasteiger partial charge is 0.466 e. The van der Waals surface area contributed by atoms with Gasteiger partial charge in [0.2, 0.25) is 0 Å². The fourth-order valence-corrected chi connectivity index (χ4v) is 1.67. The van der Waals surface area contributed by atoms with Crippen LogP contribution in [0.15, 0.2) is 6.20 Å². The zero-order valence-corrected chi connectivity index (χ0v) is 10.7. The minimum Gasteiger partial charge on any atom is -0.466 e. The molecule has 1 rings (SSSR count). The van der Waals surface area contributed by atoms with Crippen molar-refractivity contribution >= 4 is 5.97 Å². The van der Waals surface area contributed by atoms with Gasteiger partial charge in [-0.1, -0.05) is 0 Å². The number of ether oxygens (including phenoxy) is 1. The molecule has 0 aliphatic heterocycles. The van der Waals surface area contributed by atoms with E-state index in [1.165, 1.54) is 13.0 Å². The molecule has 1 heterocycles. The summed E-state index contributed by atoms with van der Waals surface area (Å²) in [5.41, 5.74) is -4.51. The lowest BCUT2D eigenvalue weighted by Crippen LogP contribution is -2.18. The summed E-state index contributed by atoms with van der Waals surface area (Å²) in [6, 6.07) is 1.45. The highest BCUT2D eigenvalue weighted by molar-refractivity contribution is 5.74. The molecule has 0 bridgehead atoms. The number of esters is 1. The lowest BCUT2D eigenvalue weighted by molar-refractivity contribution is -0.144. The number of aromatic nitrogens is 1. The number of hydrogen-bond donors (Lipinski definition) is 0. The first-order chi connectivity index (χ1) is 9.72. The minimum atomic E-state index is -5.12. The van der Waals surface area contributed by atoms with Gasteiger partial charge in [-0.2, -0.15) is 18.4 Å². The van der Waals surface area contributed by atoms with Gasteiger partial charge in [0.15, 0.2) is 5.69 Å². The van der Waals surface area contributed by atoms with Gasteiger partial charge in [-0.15, -0.1) is 0 Å². The Bertz CT molecular complexity index is 578. The average Bonchev–Trinajstić information content (AvgIpc) is 2.36. The number of alkyl halides is 5. The van der Waals surface area contributed by atoms with E-state index < -0.39 is 47.4 Å². The van der Waals surface area contributed by atoms with Gasteiger partial charge in [-0.05, 0) is 12.5 Å². The molecule has 4 nitrogen and oxygen atoms in total. The maximum absolute atomic E-state index is 13.0. The van der Waals surface area contributed by atoms with Crippen molar-refractivity contribution in [2.45, 2.75) is 25.9 Å². The van der Waals surface area contributed by atoms with Crippen molar-refractivity contribution in [3.8, 4) is 6.07 Å². The molecule has 21 heavy (non-hydrogen) atoms. The van der Waals surface area contributed by atoms with Gasteiger partial charge >= 0.3 is 12.1 Å². The number of hydrogen-bond acceptors (Lipinski definition) is 4. The van der Waals surface area contributed by atoms with Crippen LogP contribution in [-0.4, -0.2) is 17.6 Å². The highest BCUT2D eigenvalue weighted by Gasteiger charge is 2.40. The molecular formula is C12H9F5N2O2. The predicted octanol–water partition coefficient (Wildman–Crippen LogP) is 3.02. The molecule has 0 fully saturated rings. The molecule has 114 valence electrons. The van der Waals surface area contributed by atoms with E-state index in [2.05, 4.69) is 9.72 Å². The molecule has 9 heteroatoms. The second kappa shape index (κ2) is 6.47. The van der Waals surface area contributed by atoms with Crippen LogP contribution in [0.1, 0.15) is 35.7 Å². The molecule has 0 N–H and O–H groups in total. The Hall–Kier alpha value is -2.24. The predicted molar refractivity (Wildman–Crippen MR) is 59.2 cm³/mol. The van der Waals surface area contributed by atoms with Crippen molar-refractivity contribution in [3.05, 3.63) is 28.6 Å². The first kappa shape index (κ1) is 16.8. The van der Waals surface area contributed by atoms with E-state index in [0.29, 0.717) is 6.20 Å². The Balaban J connectivity index is 3.50. The summed E-state index contributed by atoms with van der Waals surface area (Å²) in [5, 5.41) is 8.79. The molecule has 0 aromatic carbocycles. The van der Waals surface area contributed by atoms with Crippen LogP contribution < -0.4 is 0 Å². The fourth-order valence-electron chi connectivity index (χ4n) is 1.67. The van der Waals surface area contributed by atoms with E-state index in [9.17, 15) is 26.7 Å². The number of nitriles is 1. The lowest BCUT2D eigenvalue weighted by Gasteiger charge is -2.16. The highest BCUT2D eigenvalue weighted by Crippen LogP contribution is 2.37. The van der Waals surface area contributed by atoms with Gasteiger partial charge in [0, 0.05) is 6.20 Å². The Kier molecular flexibility index (Phi) is 5.18. The van der Waals surface area contributed by atoms with E-state index in [4.69, 9.17) is 5.26 Å². The van der Waals surface area contributed by atoms with E-state index in [0.717, 1.165) is 0 Å². The zero-order valence-electron chi connectivity index (χ0n) is 10.7. The van der Waals surface area contributed by atoms with Gasteiger partial charge in [-0.3, -0.25) is 4.79 Å². The van der Waals surface area contributed by atoms with Crippen molar-refractivity contribution in [2.75, 3.05) is 6.61 Å². The average molecular weight is 308 g/mol. The van der Waals surface area contributed by atoms with E-state index in [1.54, 1.807) is 0 Å². The minimum absolute atomic E-state index is 0.0675. The van der Waals surface area contributed by atoms with Gasteiger partial charge < -0.3 is 4.74 Å². The van der Waals surface area contributed by atoms with Crippen molar-refractivity contribution in [1.82, 2.24) is 4.98 Å². The monoisotopic (exact) mass is 308 g/mol. The first-order valence-electron chi connectivity index (χ1n) is 5.65. The van der Waals surface area contributed by atoms with Crippen LogP contribution in [0.5, 0.6) is 0 Å². The lowest BCUT2D eigenvalue weighted by atomic mass is 9.98. The van der Waals surface area contributed by atoms with E-state index >= 15 is 0 Å². The molecule has 0 aliphatic rings. The van der Waals surface area contributed by atoms with Crippen molar-refractivity contribution in [1.29, 1.82) is 5.26 Å². The van der Waals surface area contributed by atoms with Crippen LogP contribution in [0.25, 0.3) is 0 Å². The molecule has 1 aromatic heterocycles. The molecule has 0 radical (unpaired) electrons. The molecule has 0 amide bonds. The summed E-state index contributed by atoms with van der Waals surface area (Å²) in [6.07, 6.45) is -9.00. The van der Waals surface area contributed by atoms with Crippen LogP contribution in [0.2, 0.25) is 0 Å². The topological polar surface area (TPSA) is 63.0 Å². The van der Waals surface area contributed by atoms with E-state index in [-0.39, 0.29) is 6.61 Å². The highest BCUT2D eigenvalue weighted by atomic mass is 19.4. The zero-order chi connectivity index (χ0) is 16.2. The summed E-state index contributed by atoms with van der Waals surface area (Å²) < 4.78 is 68.6. The fraction of sp³-hybridized carbons (Fsp3) is 0.417. The number of nitrogens with zero attached hydrogens (tertiary/aromatic N) is 2. The molecule has 1 aromatic rings. The Morgan fingerprint density at radius 2 is 2.10 bits per heavy atom. The van der Waals surface area contributed by atoms with Gasteiger partial charge in [0.25, 0.3) is 6.43 Å². The molecular weight excluding hydrogens is 299 g/mol. The van der Waals surface area contributed by atoms with Crippen LogP contribution in [-0.2, 0) is 22.1 Å². The van der Waals surface area contributed by atoms with Crippen molar-refractivity contribution < 1.29 is 31.5 Å². The third-order valence-corrected chi connectivity index (χ3v) is 2.46. The second-order valence-electron chi connectivity index (χ2n) is 3.80. The third-order valence-electron chi connectivity index (χ3n) is 2.46. The molecule has 0 unspecified atom stereocenters. The maximum Gasteiger partial charge on any atom is 0.433 e. The number of pyridine rings is 1.